The van der Waals surface area contributed by atoms with Crippen LogP contribution in [0.1, 0.15) is 29.0 Å². The van der Waals surface area contributed by atoms with Crippen LogP contribution in [0.3, 0.4) is 0 Å². The highest BCUT2D eigenvalue weighted by Gasteiger charge is 2.12. The number of carboxylic acid groups (broad SMARTS) is 1. The van der Waals surface area contributed by atoms with Crippen LogP contribution in [0, 0.1) is 0 Å². The molecule has 0 radical (unpaired) electrons. The highest BCUT2D eigenvalue weighted by atomic mass is 16.4. The average Bonchev–Trinajstić information content (AvgIpc) is 2.15. The van der Waals surface area contributed by atoms with Crippen LogP contribution in [0.25, 0.3) is 0 Å². The first-order valence-electron chi connectivity index (χ1n) is 4.08. The van der Waals surface area contributed by atoms with Gasteiger partial charge in [-0.3, -0.25) is 4.79 Å². The number of nitrogens with zero attached hydrogens (tertiary/aromatic N) is 1. The minimum Gasteiger partial charge on any atom is -0.477 e. The Labute approximate surface area is 79.8 Å². The molecule has 0 saturated carbocycles. The lowest BCUT2D eigenvalue weighted by Gasteiger charge is -2.06. The second-order valence-electron chi connectivity index (χ2n) is 2.95. The van der Waals surface area contributed by atoms with Gasteiger partial charge in [-0.2, -0.15) is 0 Å². The molecule has 0 aliphatic carbocycles. The predicted molar refractivity (Wildman–Crippen MR) is 49.3 cm³/mol. The first-order valence-corrected chi connectivity index (χ1v) is 4.08. The zero-order valence-corrected chi connectivity index (χ0v) is 7.65. The second-order valence-corrected chi connectivity index (χ2v) is 2.95. The molecule has 0 aliphatic heterocycles. The third-order valence-electron chi connectivity index (χ3n) is 1.87. The van der Waals surface area contributed by atoms with E-state index in [4.69, 9.17) is 10.8 Å². The molecule has 76 valence electrons. The van der Waals surface area contributed by atoms with Gasteiger partial charge < -0.3 is 15.8 Å². The number of aromatic carboxylic acids is 1. The van der Waals surface area contributed by atoms with Crippen LogP contribution in [-0.4, -0.2) is 27.6 Å². The minimum atomic E-state index is -1.29. The number of H-pyrrole nitrogens is 1. The number of nitrogens with two attached hydrogens (primary N) is 1. The molecule has 1 heterocycles. The average molecular weight is 197 g/mol. The van der Waals surface area contributed by atoms with Gasteiger partial charge in [-0.25, -0.2) is 9.78 Å². The highest BCUT2D eigenvalue weighted by molar-refractivity contribution is 5.86. The van der Waals surface area contributed by atoms with Gasteiger partial charge >= 0.3 is 5.97 Å². The first-order chi connectivity index (χ1) is 6.56. The molecule has 6 heteroatoms. The maximum absolute atomic E-state index is 11.2. The SMILES string of the molecule is CC(CN)c1ncc(C(=O)O)c(=O)[nH]1. The number of carbonyl (C=O) groups is 1. The zero-order chi connectivity index (χ0) is 10.7. The van der Waals surface area contributed by atoms with Gasteiger partial charge in [-0.1, -0.05) is 6.92 Å². The van der Waals surface area contributed by atoms with E-state index in [-0.39, 0.29) is 11.5 Å². The number of hydrogen-bond donors (Lipinski definition) is 3. The predicted octanol–water partition coefficient (Wildman–Crippen LogP) is -0.470. The fourth-order valence-electron chi connectivity index (χ4n) is 0.923. The summed E-state index contributed by atoms with van der Waals surface area (Å²) in [6.45, 7) is 2.13. The molecule has 4 N–H and O–H groups in total. The number of nitrogens with one attached hydrogen (secondary N) is 1. The van der Waals surface area contributed by atoms with Crippen LogP contribution < -0.4 is 11.3 Å². The summed E-state index contributed by atoms with van der Waals surface area (Å²) in [6.07, 6.45) is 1.04. The van der Waals surface area contributed by atoms with Crippen LogP contribution in [0.4, 0.5) is 0 Å². The van der Waals surface area contributed by atoms with Crippen molar-refractivity contribution in [3.8, 4) is 0 Å². The van der Waals surface area contributed by atoms with Gasteiger partial charge in [0.1, 0.15) is 11.4 Å². The van der Waals surface area contributed by atoms with Gasteiger partial charge in [0.05, 0.1) is 0 Å². The van der Waals surface area contributed by atoms with Crippen molar-refractivity contribution in [3.63, 3.8) is 0 Å². The molecule has 6 nitrogen and oxygen atoms in total. The molecule has 0 aliphatic rings. The van der Waals surface area contributed by atoms with E-state index >= 15 is 0 Å². The molecule has 1 rings (SSSR count). The first kappa shape index (κ1) is 10.4. The summed E-state index contributed by atoms with van der Waals surface area (Å²) in [7, 11) is 0. The van der Waals surface area contributed by atoms with E-state index in [1.807, 2.05) is 0 Å². The number of hydrogen-bond acceptors (Lipinski definition) is 4. The summed E-state index contributed by atoms with van der Waals surface area (Å²) in [5.74, 6) is -0.973. The molecule has 0 fully saturated rings. The summed E-state index contributed by atoms with van der Waals surface area (Å²) >= 11 is 0. The Morgan fingerprint density at radius 2 is 2.43 bits per heavy atom. The minimum absolute atomic E-state index is 0.0921. The maximum Gasteiger partial charge on any atom is 0.342 e. The molecule has 0 bridgehead atoms. The summed E-state index contributed by atoms with van der Waals surface area (Å²) in [6, 6.07) is 0. The molecule has 1 atom stereocenters. The maximum atomic E-state index is 11.2. The van der Waals surface area contributed by atoms with Gasteiger partial charge in [0, 0.05) is 18.7 Å². The van der Waals surface area contributed by atoms with Gasteiger partial charge in [0.2, 0.25) is 0 Å². The highest BCUT2D eigenvalue weighted by Crippen LogP contribution is 2.04. The normalized spacial score (nSPS) is 12.4. The lowest BCUT2D eigenvalue weighted by Crippen LogP contribution is -2.22. The van der Waals surface area contributed by atoms with Gasteiger partial charge in [-0.15, -0.1) is 0 Å². The quantitative estimate of drug-likeness (QED) is 0.606. The Morgan fingerprint density at radius 1 is 1.79 bits per heavy atom. The Kier molecular flexibility index (Phi) is 2.98. The third kappa shape index (κ3) is 1.97. The molecule has 14 heavy (non-hydrogen) atoms. The van der Waals surface area contributed by atoms with Crippen LogP contribution in [-0.2, 0) is 0 Å². The van der Waals surface area contributed by atoms with Crippen molar-refractivity contribution >= 4 is 5.97 Å². The lowest BCUT2D eigenvalue weighted by molar-refractivity contribution is 0.0694. The molecular formula is C8H11N3O3. The molecule has 1 aromatic rings. The van der Waals surface area contributed by atoms with Crippen molar-refractivity contribution in [1.82, 2.24) is 9.97 Å². The van der Waals surface area contributed by atoms with E-state index in [0.29, 0.717) is 12.4 Å². The molecule has 1 unspecified atom stereocenters. The molecule has 0 spiro atoms. The Balaban J connectivity index is 3.13. The van der Waals surface area contributed by atoms with Crippen LogP contribution in [0.5, 0.6) is 0 Å². The van der Waals surface area contributed by atoms with Gasteiger partial charge in [-0.05, 0) is 0 Å². The monoisotopic (exact) mass is 197 g/mol. The van der Waals surface area contributed by atoms with Gasteiger partial charge in [0.25, 0.3) is 5.56 Å². The molecule has 0 amide bonds. The number of aromatic amines is 1. The smallest absolute Gasteiger partial charge is 0.342 e. The number of rotatable bonds is 3. The topological polar surface area (TPSA) is 109 Å². The van der Waals surface area contributed by atoms with E-state index in [0.717, 1.165) is 6.20 Å². The standard InChI is InChI=1S/C8H11N3O3/c1-4(2-9)6-10-3-5(8(13)14)7(12)11-6/h3-4H,2,9H2,1H3,(H,13,14)(H,10,11,12). The Bertz CT molecular complexity index is 399. The van der Waals surface area contributed by atoms with Crippen LogP contribution in [0.15, 0.2) is 11.0 Å². The summed E-state index contributed by atoms with van der Waals surface area (Å²) < 4.78 is 0. The molecule has 0 aromatic carbocycles. The molecular weight excluding hydrogens is 186 g/mol. The van der Waals surface area contributed by atoms with Crippen molar-refractivity contribution in [1.29, 1.82) is 0 Å². The van der Waals surface area contributed by atoms with E-state index in [9.17, 15) is 9.59 Å². The summed E-state index contributed by atoms with van der Waals surface area (Å²) in [5, 5.41) is 8.57. The van der Waals surface area contributed by atoms with Gasteiger partial charge in [0.15, 0.2) is 0 Å². The van der Waals surface area contributed by atoms with Crippen molar-refractivity contribution in [3.05, 3.63) is 27.9 Å². The van der Waals surface area contributed by atoms with Crippen LogP contribution in [0.2, 0.25) is 0 Å². The largest absolute Gasteiger partial charge is 0.477 e. The summed E-state index contributed by atoms with van der Waals surface area (Å²) in [4.78, 5) is 27.9. The fraction of sp³-hybridized carbons (Fsp3) is 0.375. The van der Waals surface area contributed by atoms with E-state index < -0.39 is 11.5 Å². The van der Waals surface area contributed by atoms with Crippen molar-refractivity contribution in [2.24, 2.45) is 5.73 Å². The second kappa shape index (κ2) is 4.01. The number of carboxylic acids is 1. The Morgan fingerprint density at radius 3 is 2.86 bits per heavy atom. The third-order valence-corrected chi connectivity index (χ3v) is 1.87. The lowest BCUT2D eigenvalue weighted by atomic mass is 10.1. The molecule has 1 aromatic heterocycles. The zero-order valence-electron chi connectivity index (χ0n) is 7.65. The van der Waals surface area contributed by atoms with Crippen molar-refractivity contribution in [2.75, 3.05) is 6.54 Å². The Hall–Kier alpha value is -1.69. The van der Waals surface area contributed by atoms with E-state index in [2.05, 4.69) is 9.97 Å². The van der Waals surface area contributed by atoms with Crippen LogP contribution >= 0.6 is 0 Å². The molecule has 0 saturated heterocycles. The fourth-order valence-corrected chi connectivity index (χ4v) is 0.923. The van der Waals surface area contributed by atoms with E-state index in [1.54, 1.807) is 6.92 Å². The van der Waals surface area contributed by atoms with Crippen molar-refractivity contribution < 1.29 is 9.90 Å². The summed E-state index contributed by atoms with van der Waals surface area (Å²) in [5.41, 5.74) is 4.36. The number of aromatic nitrogens is 2. The van der Waals surface area contributed by atoms with Crippen molar-refractivity contribution in [2.45, 2.75) is 12.8 Å². The van der Waals surface area contributed by atoms with E-state index in [1.165, 1.54) is 0 Å².